The van der Waals surface area contributed by atoms with E-state index in [1.807, 2.05) is 39.0 Å². The predicted octanol–water partition coefficient (Wildman–Crippen LogP) is 5.48. The number of carbonyl (C=O) groups excluding carboxylic acids is 2. The molecule has 1 aromatic heterocycles. The van der Waals surface area contributed by atoms with E-state index in [1.165, 1.54) is 19.4 Å². The molecule has 1 amide bonds. The SMILES string of the molecule is CCCOc1ccc(/C=C(\C)C(=O)c2c(O)cc(C(C)CC/C=C/NC(=O)OC)oc2=O)c(C)c1. The summed E-state index contributed by atoms with van der Waals surface area (Å²) >= 11 is 0. The van der Waals surface area contributed by atoms with Crippen LogP contribution in [-0.4, -0.2) is 30.7 Å². The number of ether oxygens (including phenoxy) is 2. The van der Waals surface area contributed by atoms with Crippen molar-refractivity contribution in [3.8, 4) is 11.5 Å². The molecule has 1 atom stereocenters. The summed E-state index contributed by atoms with van der Waals surface area (Å²) in [6, 6.07) is 6.88. The predicted molar refractivity (Wildman–Crippen MR) is 134 cm³/mol. The molecule has 2 aromatic rings. The molecule has 1 heterocycles. The topological polar surface area (TPSA) is 115 Å². The fraction of sp³-hybridized carbons (Fsp3) is 0.370. The fourth-order valence-electron chi connectivity index (χ4n) is 3.32. The Labute approximate surface area is 205 Å². The number of alkyl carbamates (subject to hydrolysis) is 1. The first kappa shape index (κ1) is 27.4. The van der Waals surface area contributed by atoms with E-state index < -0.39 is 28.8 Å². The number of methoxy groups -OCH3 is 1. The van der Waals surface area contributed by atoms with Crippen molar-refractivity contribution in [1.29, 1.82) is 0 Å². The van der Waals surface area contributed by atoms with Crippen LogP contribution in [0.25, 0.3) is 6.08 Å². The highest BCUT2D eigenvalue weighted by Gasteiger charge is 2.22. The van der Waals surface area contributed by atoms with Gasteiger partial charge in [0.05, 0.1) is 13.7 Å². The Hall–Kier alpha value is -3.81. The Balaban J connectivity index is 2.14. The van der Waals surface area contributed by atoms with Crippen LogP contribution >= 0.6 is 0 Å². The molecule has 0 fully saturated rings. The number of benzene rings is 1. The van der Waals surface area contributed by atoms with Crippen LogP contribution in [0.15, 0.2) is 51.3 Å². The van der Waals surface area contributed by atoms with Gasteiger partial charge in [0.2, 0.25) is 0 Å². The normalized spacial score (nSPS) is 12.4. The third kappa shape index (κ3) is 7.88. The average molecular weight is 484 g/mol. The first-order valence-corrected chi connectivity index (χ1v) is 11.5. The van der Waals surface area contributed by atoms with Crippen LogP contribution in [0.2, 0.25) is 0 Å². The van der Waals surface area contributed by atoms with Gasteiger partial charge in [0.1, 0.15) is 22.8 Å². The van der Waals surface area contributed by atoms with Crippen LogP contribution in [0.1, 0.15) is 73.2 Å². The zero-order valence-corrected chi connectivity index (χ0v) is 20.8. The zero-order valence-electron chi connectivity index (χ0n) is 20.8. The first-order valence-electron chi connectivity index (χ1n) is 11.5. The largest absolute Gasteiger partial charge is 0.507 e. The molecule has 0 saturated carbocycles. The average Bonchev–Trinajstić information content (AvgIpc) is 2.82. The van der Waals surface area contributed by atoms with Gasteiger partial charge < -0.3 is 19.0 Å². The molecular formula is C27H33NO7. The lowest BCUT2D eigenvalue weighted by Gasteiger charge is -2.11. The van der Waals surface area contributed by atoms with Crippen molar-refractivity contribution in [2.24, 2.45) is 0 Å². The maximum absolute atomic E-state index is 12.9. The summed E-state index contributed by atoms with van der Waals surface area (Å²) in [5.74, 6) is -0.183. The van der Waals surface area contributed by atoms with E-state index in [2.05, 4.69) is 10.1 Å². The second-order valence-corrected chi connectivity index (χ2v) is 8.24. The second kappa shape index (κ2) is 13.2. The Morgan fingerprint density at radius 3 is 2.63 bits per heavy atom. The minimum atomic E-state index is -0.882. The zero-order chi connectivity index (χ0) is 26.0. The van der Waals surface area contributed by atoms with Crippen LogP contribution < -0.4 is 15.7 Å². The van der Waals surface area contributed by atoms with E-state index in [1.54, 1.807) is 19.1 Å². The molecule has 2 rings (SSSR count). The summed E-state index contributed by atoms with van der Waals surface area (Å²) in [5.41, 5.74) is 0.748. The molecule has 0 radical (unpaired) electrons. The summed E-state index contributed by atoms with van der Waals surface area (Å²) in [5, 5.41) is 12.9. The smallest absolute Gasteiger partial charge is 0.410 e. The molecule has 1 unspecified atom stereocenters. The lowest BCUT2D eigenvalue weighted by molar-refractivity contribution is 0.102. The Kier molecular flexibility index (Phi) is 10.3. The van der Waals surface area contributed by atoms with Crippen molar-refractivity contribution >= 4 is 18.0 Å². The number of hydrogen-bond acceptors (Lipinski definition) is 7. The van der Waals surface area contributed by atoms with Gasteiger partial charge in [-0.1, -0.05) is 26.0 Å². The van der Waals surface area contributed by atoms with Crippen LogP contribution in [0.3, 0.4) is 0 Å². The molecule has 8 nitrogen and oxygen atoms in total. The molecule has 1 aromatic carbocycles. The second-order valence-electron chi connectivity index (χ2n) is 8.24. The number of aromatic hydroxyl groups is 1. The van der Waals surface area contributed by atoms with Crippen molar-refractivity contribution in [2.45, 2.75) is 52.9 Å². The lowest BCUT2D eigenvalue weighted by atomic mass is 9.98. The van der Waals surface area contributed by atoms with Crippen LogP contribution in [-0.2, 0) is 4.74 Å². The molecule has 2 N–H and O–H groups in total. The standard InChI is InChI=1S/C27H33NO7/c1-6-13-34-21-11-10-20(18(3)15-21)14-19(4)25(30)24-22(29)16-23(35-26(24)31)17(2)9-7-8-12-28-27(32)33-5/h8,10-12,14-17,29H,6-7,9,13H2,1-5H3,(H,28,32)/b12-8+,19-14+. The molecule has 0 aliphatic rings. The minimum absolute atomic E-state index is 0.201. The number of nitrogens with one attached hydrogen (secondary N) is 1. The summed E-state index contributed by atoms with van der Waals surface area (Å²) in [6.07, 6.45) is 6.39. The van der Waals surface area contributed by atoms with Crippen molar-refractivity contribution in [2.75, 3.05) is 13.7 Å². The molecule has 0 aliphatic carbocycles. The monoisotopic (exact) mass is 483 g/mol. The summed E-state index contributed by atoms with van der Waals surface area (Å²) in [7, 11) is 1.27. The number of Topliss-reactive ketones (excluding diaryl/α,β-unsaturated/α-hetero) is 1. The lowest BCUT2D eigenvalue weighted by Crippen LogP contribution is -2.17. The van der Waals surface area contributed by atoms with E-state index in [-0.39, 0.29) is 11.7 Å². The van der Waals surface area contributed by atoms with Crippen LogP contribution in [0.4, 0.5) is 4.79 Å². The van der Waals surface area contributed by atoms with E-state index in [9.17, 15) is 19.5 Å². The molecule has 0 bridgehead atoms. The van der Waals surface area contributed by atoms with E-state index in [0.29, 0.717) is 25.0 Å². The van der Waals surface area contributed by atoms with Crippen molar-refractivity contribution in [1.82, 2.24) is 5.32 Å². The molecular weight excluding hydrogens is 450 g/mol. The van der Waals surface area contributed by atoms with Gasteiger partial charge in [0.15, 0.2) is 5.78 Å². The molecule has 0 aliphatic heterocycles. The van der Waals surface area contributed by atoms with Gasteiger partial charge in [0, 0.05) is 18.2 Å². The number of rotatable bonds is 11. The number of hydrogen-bond donors (Lipinski definition) is 2. The first-order chi connectivity index (χ1) is 16.7. The van der Waals surface area contributed by atoms with Crippen LogP contribution in [0, 0.1) is 6.92 Å². The van der Waals surface area contributed by atoms with Crippen LogP contribution in [0.5, 0.6) is 11.5 Å². The number of aryl methyl sites for hydroxylation is 1. The Morgan fingerprint density at radius 1 is 1.26 bits per heavy atom. The molecule has 188 valence electrons. The third-order valence-electron chi connectivity index (χ3n) is 5.38. The van der Waals surface area contributed by atoms with E-state index in [0.717, 1.165) is 23.3 Å². The van der Waals surface area contributed by atoms with Gasteiger partial charge in [-0.3, -0.25) is 10.1 Å². The highest BCUT2D eigenvalue weighted by molar-refractivity contribution is 6.12. The van der Waals surface area contributed by atoms with Crippen molar-refractivity contribution < 1.29 is 28.6 Å². The molecule has 8 heteroatoms. The molecule has 0 spiro atoms. The maximum atomic E-state index is 12.9. The Morgan fingerprint density at radius 2 is 2.00 bits per heavy atom. The highest BCUT2D eigenvalue weighted by atomic mass is 16.5. The number of allylic oxidation sites excluding steroid dienone is 2. The van der Waals surface area contributed by atoms with E-state index >= 15 is 0 Å². The van der Waals surface area contributed by atoms with Gasteiger partial charge in [-0.25, -0.2) is 9.59 Å². The van der Waals surface area contributed by atoms with Gasteiger partial charge in [-0.15, -0.1) is 0 Å². The van der Waals surface area contributed by atoms with Gasteiger partial charge in [0.25, 0.3) is 0 Å². The number of ketones is 1. The van der Waals surface area contributed by atoms with Crippen molar-refractivity contribution in [3.05, 3.63) is 75.0 Å². The highest BCUT2D eigenvalue weighted by Crippen LogP contribution is 2.27. The Bertz CT molecular complexity index is 1160. The maximum Gasteiger partial charge on any atom is 0.410 e. The van der Waals surface area contributed by atoms with Gasteiger partial charge in [-0.2, -0.15) is 0 Å². The van der Waals surface area contributed by atoms with Gasteiger partial charge >= 0.3 is 11.7 Å². The molecule has 0 saturated heterocycles. The van der Waals surface area contributed by atoms with Gasteiger partial charge in [-0.05, 0) is 68.0 Å². The minimum Gasteiger partial charge on any atom is -0.507 e. The third-order valence-corrected chi connectivity index (χ3v) is 5.38. The summed E-state index contributed by atoms with van der Waals surface area (Å²) < 4.78 is 15.5. The molecule has 35 heavy (non-hydrogen) atoms. The number of carbonyl (C=O) groups is 2. The van der Waals surface area contributed by atoms with E-state index in [4.69, 9.17) is 9.15 Å². The summed E-state index contributed by atoms with van der Waals surface area (Å²) in [6.45, 7) is 7.99. The fourth-order valence-corrected chi connectivity index (χ4v) is 3.32. The summed E-state index contributed by atoms with van der Waals surface area (Å²) in [4.78, 5) is 36.6. The quantitative estimate of drug-likeness (QED) is 0.321. The van der Waals surface area contributed by atoms with Crippen molar-refractivity contribution in [3.63, 3.8) is 0 Å². The number of amides is 1.